The average Bonchev–Trinajstić information content (AvgIpc) is 2.86. The molecule has 12 heteroatoms. The summed E-state index contributed by atoms with van der Waals surface area (Å²) >= 11 is 0. The molecule has 1 saturated heterocycles. The van der Waals surface area contributed by atoms with Gasteiger partial charge in [-0.15, -0.1) is 0 Å². The molecule has 36 heavy (non-hydrogen) atoms. The molecular weight excluding hydrogens is 473 g/mol. The van der Waals surface area contributed by atoms with E-state index < -0.39 is 17.6 Å². The molecule has 0 spiro atoms. The van der Waals surface area contributed by atoms with Gasteiger partial charge in [-0.1, -0.05) is 13.3 Å². The number of amides is 1. The Morgan fingerprint density at radius 1 is 1.17 bits per heavy atom. The molecule has 6 N–H and O–H groups in total. The lowest BCUT2D eigenvalue weighted by molar-refractivity contribution is -0.137. The Labute approximate surface area is 206 Å². The number of carbonyl (C=O) groups is 1. The number of anilines is 3. The smallest absolute Gasteiger partial charge is 0.396 e. The number of fused-ring (bicyclic) bond motifs is 1. The van der Waals surface area contributed by atoms with E-state index in [1.165, 1.54) is 12.4 Å². The number of rotatable bonds is 6. The molecule has 4 rings (SSSR count). The van der Waals surface area contributed by atoms with E-state index in [0.29, 0.717) is 54.8 Å². The van der Waals surface area contributed by atoms with Crippen molar-refractivity contribution in [3.63, 3.8) is 0 Å². The molecule has 1 aliphatic rings. The van der Waals surface area contributed by atoms with Gasteiger partial charge in [-0.05, 0) is 37.5 Å². The van der Waals surface area contributed by atoms with Gasteiger partial charge >= 0.3 is 6.18 Å². The highest BCUT2D eigenvalue weighted by molar-refractivity contribution is 5.95. The quantitative estimate of drug-likeness (QED) is 0.342. The van der Waals surface area contributed by atoms with Gasteiger partial charge in [-0.2, -0.15) is 13.2 Å². The van der Waals surface area contributed by atoms with Crippen LogP contribution in [-0.2, 0) is 11.0 Å². The number of halogens is 3. The van der Waals surface area contributed by atoms with Crippen molar-refractivity contribution in [3.8, 4) is 11.3 Å². The molecule has 0 bridgehead atoms. The molecule has 0 atom stereocenters. The summed E-state index contributed by atoms with van der Waals surface area (Å²) in [4.78, 5) is 26.8. The maximum Gasteiger partial charge on any atom is 0.419 e. The average molecular weight is 503 g/mol. The number of hydrogen-bond donors (Lipinski definition) is 3. The zero-order valence-corrected chi connectivity index (χ0v) is 19.9. The number of nitrogens with two attached hydrogens (primary N) is 3. The van der Waals surface area contributed by atoms with E-state index in [1.54, 1.807) is 17.1 Å². The Morgan fingerprint density at radius 3 is 2.56 bits per heavy atom. The molecule has 3 aromatic heterocycles. The second kappa shape index (κ2) is 10.1. The van der Waals surface area contributed by atoms with Gasteiger partial charge in [-0.25, -0.2) is 15.8 Å². The van der Waals surface area contributed by atoms with E-state index in [0.717, 1.165) is 18.9 Å². The molecule has 192 valence electrons. The summed E-state index contributed by atoms with van der Waals surface area (Å²) in [5, 5.41) is 1.55. The number of hydrazine groups is 1. The molecule has 0 saturated carbocycles. The van der Waals surface area contributed by atoms with Crippen LogP contribution in [0.3, 0.4) is 0 Å². The highest BCUT2D eigenvalue weighted by Gasteiger charge is 2.34. The third-order valence-corrected chi connectivity index (χ3v) is 6.45. The van der Waals surface area contributed by atoms with Gasteiger partial charge in [0.1, 0.15) is 17.0 Å². The van der Waals surface area contributed by atoms with Crippen molar-refractivity contribution < 1.29 is 18.0 Å². The summed E-state index contributed by atoms with van der Waals surface area (Å²) in [6.07, 6.45) is 1.73. The van der Waals surface area contributed by atoms with Crippen LogP contribution in [0.1, 0.15) is 44.6 Å². The summed E-state index contributed by atoms with van der Waals surface area (Å²) < 4.78 is 40.1. The molecule has 0 unspecified atom stereocenters. The molecule has 1 aliphatic heterocycles. The summed E-state index contributed by atoms with van der Waals surface area (Å²) in [6.45, 7) is 3.22. The van der Waals surface area contributed by atoms with E-state index in [4.69, 9.17) is 17.3 Å². The van der Waals surface area contributed by atoms with Crippen LogP contribution in [0.4, 0.5) is 30.4 Å². The summed E-state index contributed by atoms with van der Waals surface area (Å²) in [5.41, 5.74) is 12.6. The van der Waals surface area contributed by atoms with Gasteiger partial charge in [0.25, 0.3) is 0 Å². The Balaban J connectivity index is 1.64. The van der Waals surface area contributed by atoms with Crippen LogP contribution < -0.4 is 22.3 Å². The third kappa shape index (κ3) is 5.13. The molecule has 0 radical (unpaired) electrons. The van der Waals surface area contributed by atoms with Crippen molar-refractivity contribution in [3.05, 3.63) is 36.2 Å². The summed E-state index contributed by atoms with van der Waals surface area (Å²) in [5.74, 6) is 6.08. The number of aromatic nitrogens is 3. The van der Waals surface area contributed by atoms with Gasteiger partial charge < -0.3 is 21.4 Å². The first-order chi connectivity index (χ1) is 17.1. The first-order valence-electron chi connectivity index (χ1n) is 11.8. The number of unbranched alkanes of at least 4 members (excludes halogenated alkanes) is 1. The van der Waals surface area contributed by atoms with Crippen LogP contribution >= 0.6 is 0 Å². The predicted octanol–water partition coefficient (Wildman–Crippen LogP) is 3.74. The van der Waals surface area contributed by atoms with Crippen molar-refractivity contribution in [1.82, 2.24) is 19.9 Å². The Kier molecular flexibility index (Phi) is 7.16. The van der Waals surface area contributed by atoms with Crippen LogP contribution in [-0.4, -0.2) is 44.9 Å². The normalized spacial score (nSPS) is 14.9. The maximum atomic E-state index is 13.4. The van der Waals surface area contributed by atoms with E-state index in [9.17, 15) is 18.0 Å². The van der Waals surface area contributed by atoms with Gasteiger partial charge in [0, 0.05) is 37.3 Å². The van der Waals surface area contributed by atoms with E-state index in [1.807, 2.05) is 11.8 Å². The van der Waals surface area contributed by atoms with E-state index in [2.05, 4.69) is 15.0 Å². The van der Waals surface area contributed by atoms with Crippen LogP contribution in [0.25, 0.3) is 22.3 Å². The minimum Gasteiger partial charge on any atom is -0.396 e. The van der Waals surface area contributed by atoms with Crippen LogP contribution in [0.15, 0.2) is 30.6 Å². The monoisotopic (exact) mass is 502 g/mol. The summed E-state index contributed by atoms with van der Waals surface area (Å²) in [7, 11) is 0. The standard InChI is InChI=1S/C24H29F3N8O/c1-2-3-4-20(36)34-9-7-15(8-10-34)35(30)22-17(28)13-31-19-6-5-18(33-21(19)22)14-11-16(24(25,26)27)23(29)32-12-14/h5-6,11-13,15H,2-4,7-10,28,30H2,1H3,(H2,29,32). The largest absolute Gasteiger partial charge is 0.419 e. The van der Waals surface area contributed by atoms with Gasteiger partial charge in [0.15, 0.2) is 0 Å². The van der Waals surface area contributed by atoms with Crippen LogP contribution in [0.2, 0.25) is 0 Å². The fourth-order valence-electron chi connectivity index (χ4n) is 4.40. The third-order valence-electron chi connectivity index (χ3n) is 6.45. The van der Waals surface area contributed by atoms with Gasteiger partial charge in [0.05, 0.1) is 28.7 Å². The summed E-state index contributed by atoms with van der Waals surface area (Å²) in [6, 6.07) is 4.02. The molecule has 1 fully saturated rings. The lowest BCUT2D eigenvalue weighted by Crippen LogP contribution is -2.50. The second-order valence-electron chi connectivity index (χ2n) is 8.90. The van der Waals surface area contributed by atoms with E-state index >= 15 is 0 Å². The maximum absolute atomic E-state index is 13.4. The van der Waals surface area contributed by atoms with Crippen molar-refractivity contribution >= 4 is 34.1 Å². The Bertz CT molecular complexity index is 1260. The molecule has 9 nitrogen and oxygen atoms in total. The zero-order valence-electron chi connectivity index (χ0n) is 19.9. The molecular formula is C24H29F3N8O. The number of alkyl halides is 3. The molecule has 4 heterocycles. The first-order valence-corrected chi connectivity index (χ1v) is 11.8. The number of likely N-dealkylation sites (tertiary alicyclic amines) is 1. The van der Waals surface area contributed by atoms with Crippen molar-refractivity contribution in [2.45, 2.75) is 51.2 Å². The lowest BCUT2D eigenvalue weighted by Gasteiger charge is -2.37. The number of nitrogens with zero attached hydrogens (tertiary/aromatic N) is 5. The first kappa shape index (κ1) is 25.4. The molecule has 1 amide bonds. The zero-order chi connectivity index (χ0) is 26.0. The number of pyridine rings is 3. The fourth-order valence-corrected chi connectivity index (χ4v) is 4.40. The predicted molar refractivity (Wildman–Crippen MR) is 132 cm³/mol. The molecule has 3 aromatic rings. The van der Waals surface area contributed by atoms with Gasteiger partial charge in [0.2, 0.25) is 5.91 Å². The van der Waals surface area contributed by atoms with Crippen molar-refractivity contribution in [1.29, 1.82) is 0 Å². The van der Waals surface area contributed by atoms with Crippen molar-refractivity contribution in [2.24, 2.45) is 5.84 Å². The Morgan fingerprint density at radius 2 is 1.89 bits per heavy atom. The SMILES string of the molecule is CCCCC(=O)N1CCC(N(N)c2c(N)cnc3ccc(-c4cnc(N)c(C(F)(F)F)c4)nc23)CC1. The number of nitrogen functional groups attached to an aromatic ring is 2. The molecule has 0 aromatic carbocycles. The second-order valence-corrected chi connectivity index (χ2v) is 8.90. The minimum atomic E-state index is -4.65. The number of carbonyl (C=O) groups excluding carboxylic acids is 1. The topological polar surface area (TPSA) is 140 Å². The van der Waals surface area contributed by atoms with Gasteiger partial charge in [-0.3, -0.25) is 9.78 Å². The number of hydrogen-bond acceptors (Lipinski definition) is 8. The Hall–Kier alpha value is -3.67. The minimum absolute atomic E-state index is 0.103. The number of piperidine rings is 1. The molecule has 0 aliphatic carbocycles. The highest BCUT2D eigenvalue weighted by atomic mass is 19.4. The van der Waals surface area contributed by atoms with Crippen molar-refractivity contribution in [2.75, 3.05) is 29.6 Å². The fraction of sp³-hybridized carbons (Fsp3) is 0.417. The van der Waals surface area contributed by atoms with Crippen LogP contribution in [0, 0.1) is 0 Å². The highest BCUT2D eigenvalue weighted by Crippen LogP contribution is 2.36. The van der Waals surface area contributed by atoms with E-state index in [-0.39, 0.29) is 23.2 Å². The lowest BCUT2D eigenvalue weighted by atomic mass is 10.0. The van der Waals surface area contributed by atoms with Crippen LogP contribution in [0.5, 0.6) is 0 Å².